The van der Waals surface area contributed by atoms with Crippen LogP contribution in [0.2, 0.25) is 0 Å². The van der Waals surface area contributed by atoms with Gasteiger partial charge >= 0.3 is 5.97 Å². The van der Waals surface area contributed by atoms with Gasteiger partial charge in [-0.3, -0.25) is 4.90 Å². The van der Waals surface area contributed by atoms with Crippen molar-refractivity contribution < 1.29 is 9.53 Å². The lowest BCUT2D eigenvalue weighted by atomic mass is 9.92. The molecule has 0 atom stereocenters. The average Bonchev–Trinajstić information content (AvgIpc) is 2.37. The molecular weight excluding hydrogens is 214 g/mol. The van der Waals surface area contributed by atoms with E-state index >= 15 is 0 Å². The van der Waals surface area contributed by atoms with E-state index in [1.807, 2.05) is 13.0 Å². The molecule has 0 radical (unpaired) electrons. The van der Waals surface area contributed by atoms with Crippen molar-refractivity contribution in [1.82, 2.24) is 4.90 Å². The second-order valence-corrected chi connectivity index (χ2v) is 4.91. The summed E-state index contributed by atoms with van der Waals surface area (Å²) < 4.78 is 4.68. The van der Waals surface area contributed by atoms with Gasteiger partial charge in [0.1, 0.15) is 0 Å². The summed E-state index contributed by atoms with van der Waals surface area (Å²) in [4.78, 5) is 13.6. The minimum absolute atomic E-state index is 0.217. The van der Waals surface area contributed by atoms with Crippen molar-refractivity contribution in [3.05, 3.63) is 11.6 Å². The van der Waals surface area contributed by atoms with Gasteiger partial charge in [0.05, 0.1) is 7.11 Å². The molecule has 0 unspecified atom stereocenters. The summed E-state index contributed by atoms with van der Waals surface area (Å²) in [6.07, 6.45) is 7.25. The molecule has 0 spiro atoms. The maximum atomic E-state index is 11.2. The minimum atomic E-state index is -0.217. The van der Waals surface area contributed by atoms with Gasteiger partial charge in [-0.15, -0.1) is 0 Å². The Labute approximate surface area is 105 Å². The van der Waals surface area contributed by atoms with Crippen LogP contribution >= 0.6 is 0 Å². The molecule has 0 aromatic rings. The normalized spacial score (nSPS) is 19.4. The number of likely N-dealkylation sites (tertiary alicyclic amines) is 1. The molecule has 0 aliphatic carbocycles. The standard InChI is InChI=1S/C14H25NO2/c1-4-5-13-7-10-15(11-8-13)9-6-12(2)14(16)17-3/h6,13H,4-5,7-11H2,1-3H3. The van der Waals surface area contributed by atoms with E-state index in [2.05, 4.69) is 16.6 Å². The van der Waals surface area contributed by atoms with E-state index in [1.54, 1.807) is 0 Å². The quantitative estimate of drug-likeness (QED) is 0.545. The van der Waals surface area contributed by atoms with Crippen LogP contribution in [0.15, 0.2) is 11.6 Å². The molecular formula is C14H25NO2. The molecule has 1 aliphatic heterocycles. The van der Waals surface area contributed by atoms with Gasteiger partial charge in [-0.25, -0.2) is 4.79 Å². The smallest absolute Gasteiger partial charge is 0.333 e. The minimum Gasteiger partial charge on any atom is -0.466 e. The first kappa shape index (κ1) is 14.2. The first-order valence-corrected chi connectivity index (χ1v) is 6.64. The summed E-state index contributed by atoms with van der Waals surface area (Å²) in [5.74, 6) is 0.702. The van der Waals surface area contributed by atoms with Crippen LogP contribution in [0.4, 0.5) is 0 Å². The van der Waals surface area contributed by atoms with E-state index in [-0.39, 0.29) is 5.97 Å². The lowest BCUT2D eigenvalue weighted by Crippen LogP contribution is -2.34. The van der Waals surface area contributed by atoms with Crippen LogP contribution < -0.4 is 0 Å². The lowest BCUT2D eigenvalue weighted by Gasteiger charge is -2.31. The topological polar surface area (TPSA) is 29.5 Å². The Bertz CT molecular complexity index is 265. The van der Waals surface area contributed by atoms with E-state index in [1.165, 1.54) is 32.8 Å². The molecule has 0 saturated carbocycles. The zero-order valence-corrected chi connectivity index (χ0v) is 11.4. The van der Waals surface area contributed by atoms with Crippen molar-refractivity contribution in [2.45, 2.75) is 39.5 Å². The highest BCUT2D eigenvalue weighted by atomic mass is 16.5. The van der Waals surface area contributed by atoms with Crippen molar-refractivity contribution in [3.8, 4) is 0 Å². The van der Waals surface area contributed by atoms with Gasteiger partial charge < -0.3 is 4.74 Å². The molecule has 1 heterocycles. The molecule has 0 amide bonds. The molecule has 1 fully saturated rings. The summed E-state index contributed by atoms with van der Waals surface area (Å²) in [5, 5.41) is 0. The number of carbonyl (C=O) groups is 1. The Balaban J connectivity index is 2.28. The third-order valence-electron chi connectivity index (χ3n) is 3.57. The Kier molecular flexibility index (Phi) is 6.27. The van der Waals surface area contributed by atoms with Crippen molar-refractivity contribution in [2.24, 2.45) is 5.92 Å². The van der Waals surface area contributed by atoms with E-state index in [0.717, 1.165) is 25.6 Å². The fourth-order valence-electron chi connectivity index (χ4n) is 2.38. The van der Waals surface area contributed by atoms with Crippen molar-refractivity contribution in [3.63, 3.8) is 0 Å². The van der Waals surface area contributed by atoms with Crippen LogP contribution in [0.25, 0.3) is 0 Å². The molecule has 0 N–H and O–H groups in total. The van der Waals surface area contributed by atoms with E-state index < -0.39 is 0 Å². The second kappa shape index (κ2) is 7.49. The molecule has 1 rings (SSSR count). The molecule has 98 valence electrons. The van der Waals surface area contributed by atoms with Gasteiger partial charge in [0.25, 0.3) is 0 Å². The lowest BCUT2D eigenvalue weighted by molar-refractivity contribution is -0.136. The summed E-state index contributed by atoms with van der Waals surface area (Å²) in [6, 6.07) is 0. The number of ether oxygens (including phenoxy) is 1. The Morgan fingerprint density at radius 3 is 2.59 bits per heavy atom. The third kappa shape index (κ3) is 4.90. The highest BCUT2D eigenvalue weighted by Gasteiger charge is 2.17. The van der Waals surface area contributed by atoms with E-state index in [9.17, 15) is 4.79 Å². The van der Waals surface area contributed by atoms with Crippen molar-refractivity contribution in [2.75, 3.05) is 26.7 Å². The number of methoxy groups -OCH3 is 1. The van der Waals surface area contributed by atoms with Gasteiger partial charge in [-0.05, 0) is 38.8 Å². The van der Waals surface area contributed by atoms with Crippen molar-refractivity contribution in [1.29, 1.82) is 0 Å². The summed E-state index contributed by atoms with van der Waals surface area (Å²) in [6.45, 7) is 7.27. The zero-order chi connectivity index (χ0) is 12.7. The molecule has 0 aromatic heterocycles. The number of esters is 1. The predicted octanol–water partition coefficient (Wildman–Crippen LogP) is 2.62. The van der Waals surface area contributed by atoms with Gasteiger partial charge in [-0.2, -0.15) is 0 Å². The summed E-state index contributed by atoms with van der Waals surface area (Å²) in [7, 11) is 1.43. The molecule has 0 bridgehead atoms. The number of nitrogens with zero attached hydrogens (tertiary/aromatic N) is 1. The number of piperidine rings is 1. The largest absolute Gasteiger partial charge is 0.466 e. The number of hydrogen-bond acceptors (Lipinski definition) is 3. The first-order chi connectivity index (χ1) is 8.17. The molecule has 0 aromatic carbocycles. The van der Waals surface area contributed by atoms with Crippen LogP contribution in [-0.2, 0) is 9.53 Å². The number of hydrogen-bond donors (Lipinski definition) is 0. The van der Waals surface area contributed by atoms with Crippen LogP contribution in [0, 0.1) is 5.92 Å². The Morgan fingerprint density at radius 2 is 2.06 bits per heavy atom. The van der Waals surface area contributed by atoms with Gasteiger partial charge in [0.15, 0.2) is 0 Å². The number of rotatable bonds is 5. The summed E-state index contributed by atoms with van der Waals surface area (Å²) in [5.41, 5.74) is 0.711. The Morgan fingerprint density at radius 1 is 1.41 bits per heavy atom. The maximum Gasteiger partial charge on any atom is 0.333 e. The third-order valence-corrected chi connectivity index (χ3v) is 3.57. The first-order valence-electron chi connectivity index (χ1n) is 6.64. The van der Waals surface area contributed by atoms with Gasteiger partial charge in [0.2, 0.25) is 0 Å². The highest BCUT2D eigenvalue weighted by Crippen LogP contribution is 2.21. The number of carbonyl (C=O) groups excluding carboxylic acids is 1. The summed E-state index contributed by atoms with van der Waals surface area (Å²) >= 11 is 0. The average molecular weight is 239 g/mol. The van der Waals surface area contributed by atoms with Crippen LogP contribution in [0.3, 0.4) is 0 Å². The molecule has 1 saturated heterocycles. The van der Waals surface area contributed by atoms with Crippen LogP contribution in [-0.4, -0.2) is 37.6 Å². The molecule has 1 aliphatic rings. The van der Waals surface area contributed by atoms with Crippen LogP contribution in [0.5, 0.6) is 0 Å². The fraction of sp³-hybridized carbons (Fsp3) is 0.786. The van der Waals surface area contributed by atoms with Crippen molar-refractivity contribution >= 4 is 5.97 Å². The maximum absolute atomic E-state index is 11.2. The fourth-order valence-corrected chi connectivity index (χ4v) is 2.38. The second-order valence-electron chi connectivity index (χ2n) is 4.91. The Hall–Kier alpha value is -0.830. The molecule has 17 heavy (non-hydrogen) atoms. The molecule has 3 heteroatoms. The SMILES string of the molecule is CCCC1CCN(CC=C(C)C(=O)OC)CC1. The van der Waals surface area contributed by atoms with Gasteiger partial charge in [0, 0.05) is 12.1 Å². The van der Waals surface area contributed by atoms with E-state index in [4.69, 9.17) is 0 Å². The van der Waals surface area contributed by atoms with Gasteiger partial charge in [-0.1, -0.05) is 25.8 Å². The molecule has 3 nitrogen and oxygen atoms in total. The zero-order valence-electron chi connectivity index (χ0n) is 11.4. The highest BCUT2D eigenvalue weighted by molar-refractivity contribution is 5.87. The van der Waals surface area contributed by atoms with Crippen LogP contribution in [0.1, 0.15) is 39.5 Å². The van der Waals surface area contributed by atoms with E-state index in [0.29, 0.717) is 5.57 Å². The monoisotopic (exact) mass is 239 g/mol. The predicted molar refractivity (Wildman–Crippen MR) is 69.8 cm³/mol.